The Balaban J connectivity index is 1.81. The van der Waals surface area contributed by atoms with E-state index in [4.69, 9.17) is 10.5 Å². The molecule has 2 amide bonds. The molecule has 0 unspecified atom stereocenters. The van der Waals surface area contributed by atoms with E-state index < -0.39 is 6.04 Å². The molecule has 6 nitrogen and oxygen atoms in total. The maximum Gasteiger partial charge on any atom is 0.410 e. The number of amides is 2. The highest BCUT2D eigenvalue weighted by Crippen LogP contribution is 2.18. The summed E-state index contributed by atoms with van der Waals surface area (Å²) in [6.07, 6.45) is 0.583. The van der Waals surface area contributed by atoms with Crippen LogP contribution in [0, 0.1) is 5.92 Å². The van der Waals surface area contributed by atoms with E-state index in [1.165, 1.54) is 0 Å². The number of carbonyl (C=O) groups is 2. The fraction of sp³-hybridized carbons (Fsp3) is 0.556. The van der Waals surface area contributed by atoms with Gasteiger partial charge in [0.1, 0.15) is 6.61 Å². The molecule has 0 bridgehead atoms. The Bertz CT molecular complexity index is 548. The van der Waals surface area contributed by atoms with Crippen LogP contribution in [-0.2, 0) is 16.1 Å². The topological polar surface area (TPSA) is 75.9 Å². The van der Waals surface area contributed by atoms with Crippen molar-refractivity contribution in [1.82, 2.24) is 9.80 Å². The molecular weight excluding hydrogens is 306 g/mol. The van der Waals surface area contributed by atoms with Crippen LogP contribution in [-0.4, -0.2) is 54.0 Å². The van der Waals surface area contributed by atoms with Crippen molar-refractivity contribution in [2.24, 2.45) is 11.7 Å². The van der Waals surface area contributed by atoms with Crippen molar-refractivity contribution in [2.45, 2.75) is 32.9 Å². The molecule has 1 fully saturated rings. The Morgan fingerprint density at radius 1 is 1.38 bits per heavy atom. The minimum absolute atomic E-state index is 0.0211. The molecule has 1 saturated heterocycles. The number of hydrogen-bond donors (Lipinski definition) is 1. The average Bonchev–Trinajstić information content (AvgIpc) is 3.06. The first kappa shape index (κ1) is 18.3. The summed E-state index contributed by atoms with van der Waals surface area (Å²) in [5.74, 6) is 0.254. The molecule has 1 aromatic carbocycles. The lowest BCUT2D eigenvalue weighted by Gasteiger charge is -2.24. The highest BCUT2D eigenvalue weighted by molar-refractivity contribution is 5.81. The lowest BCUT2D eigenvalue weighted by Crippen LogP contribution is -2.42. The standard InChI is InChI=1S/C18H27N3O3/c1-3-20(18(23)24-13-15-7-5-4-6-8-15)11-16-9-10-21(12-16)17(22)14(2)19/h4-8,14,16H,3,9-13,19H2,1-2H3/t14-,16-/m0/s1. The van der Waals surface area contributed by atoms with Crippen LogP contribution in [0.1, 0.15) is 25.8 Å². The number of nitrogens with zero attached hydrogens (tertiary/aromatic N) is 2. The van der Waals surface area contributed by atoms with Crippen molar-refractivity contribution < 1.29 is 14.3 Å². The quantitative estimate of drug-likeness (QED) is 0.862. The molecule has 2 rings (SSSR count). The minimum atomic E-state index is -0.470. The summed E-state index contributed by atoms with van der Waals surface area (Å²) in [7, 11) is 0. The first-order valence-electron chi connectivity index (χ1n) is 8.51. The van der Waals surface area contributed by atoms with Gasteiger partial charge in [0.15, 0.2) is 0 Å². The van der Waals surface area contributed by atoms with Gasteiger partial charge in [-0.15, -0.1) is 0 Å². The second-order valence-corrected chi connectivity index (χ2v) is 6.31. The fourth-order valence-electron chi connectivity index (χ4n) is 2.92. The van der Waals surface area contributed by atoms with Gasteiger partial charge in [-0.25, -0.2) is 4.79 Å². The van der Waals surface area contributed by atoms with Gasteiger partial charge in [0, 0.05) is 26.2 Å². The van der Waals surface area contributed by atoms with E-state index in [1.54, 1.807) is 16.7 Å². The molecule has 0 aromatic heterocycles. The molecular formula is C18H27N3O3. The van der Waals surface area contributed by atoms with Crippen LogP contribution >= 0.6 is 0 Å². The van der Waals surface area contributed by atoms with Gasteiger partial charge in [-0.1, -0.05) is 30.3 Å². The second kappa shape index (κ2) is 8.68. The van der Waals surface area contributed by atoms with Crippen LogP contribution in [0.15, 0.2) is 30.3 Å². The van der Waals surface area contributed by atoms with Gasteiger partial charge >= 0.3 is 6.09 Å². The molecule has 1 aromatic rings. The van der Waals surface area contributed by atoms with Crippen molar-refractivity contribution in [3.8, 4) is 0 Å². The summed E-state index contributed by atoms with van der Waals surface area (Å²) in [4.78, 5) is 27.7. The van der Waals surface area contributed by atoms with Gasteiger partial charge < -0.3 is 20.3 Å². The summed E-state index contributed by atoms with van der Waals surface area (Å²) < 4.78 is 5.39. The molecule has 1 heterocycles. The molecule has 1 aliphatic rings. The summed E-state index contributed by atoms with van der Waals surface area (Å²) in [5.41, 5.74) is 6.62. The minimum Gasteiger partial charge on any atom is -0.445 e. The van der Waals surface area contributed by atoms with Crippen LogP contribution in [0.25, 0.3) is 0 Å². The first-order valence-corrected chi connectivity index (χ1v) is 8.51. The van der Waals surface area contributed by atoms with E-state index in [0.29, 0.717) is 26.2 Å². The predicted octanol–water partition coefficient (Wildman–Crippen LogP) is 1.84. The smallest absolute Gasteiger partial charge is 0.410 e. The van der Waals surface area contributed by atoms with Gasteiger partial charge in [-0.3, -0.25) is 4.79 Å². The predicted molar refractivity (Wildman–Crippen MR) is 92.2 cm³/mol. The average molecular weight is 333 g/mol. The van der Waals surface area contributed by atoms with Crippen molar-refractivity contribution in [3.05, 3.63) is 35.9 Å². The third-order valence-corrected chi connectivity index (χ3v) is 4.31. The Labute approximate surface area is 143 Å². The number of likely N-dealkylation sites (tertiary alicyclic amines) is 1. The van der Waals surface area contributed by atoms with E-state index >= 15 is 0 Å². The van der Waals surface area contributed by atoms with Crippen LogP contribution in [0.5, 0.6) is 0 Å². The van der Waals surface area contributed by atoms with Crippen LogP contribution in [0.3, 0.4) is 0 Å². The van der Waals surface area contributed by atoms with Crippen molar-refractivity contribution in [1.29, 1.82) is 0 Å². The van der Waals surface area contributed by atoms with E-state index in [0.717, 1.165) is 12.0 Å². The Hall–Kier alpha value is -2.08. The normalized spacial score (nSPS) is 18.3. The SMILES string of the molecule is CCN(C[C@@H]1CCN(C(=O)[C@H](C)N)C1)C(=O)OCc1ccccc1. The van der Waals surface area contributed by atoms with Crippen LogP contribution in [0.4, 0.5) is 4.79 Å². The number of benzene rings is 1. The summed E-state index contributed by atoms with van der Waals surface area (Å²) in [6, 6.07) is 9.16. The zero-order valence-electron chi connectivity index (χ0n) is 14.5. The molecule has 2 N–H and O–H groups in total. The van der Waals surface area contributed by atoms with Gasteiger partial charge in [-0.2, -0.15) is 0 Å². The Morgan fingerprint density at radius 3 is 2.71 bits per heavy atom. The fourth-order valence-corrected chi connectivity index (χ4v) is 2.92. The molecule has 24 heavy (non-hydrogen) atoms. The van der Waals surface area contributed by atoms with E-state index in [-0.39, 0.29) is 24.5 Å². The van der Waals surface area contributed by atoms with Gasteiger partial charge in [0.25, 0.3) is 0 Å². The Kier molecular flexibility index (Phi) is 6.61. The molecule has 2 atom stereocenters. The molecule has 0 spiro atoms. The third-order valence-electron chi connectivity index (χ3n) is 4.31. The molecule has 1 aliphatic heterocycles. The highest BCUT2D eigenvalue weighted by Gasteiger charge is 2.30. The van der Waals surface area contributed by atoms with Crippen molar-refractivity contribution >= 4 is 12.0 Å². The zero-order valence-corrected chi connectivity index (χ0v) is 14.5. The van der Waals surface area contributed by atoms with Gasteiger partial charge in [-0.05, 0) is 31.7 Å². The largest absolute Gasteiger partial charge is 0.445 e. The van der Waals surface area contributed by atoms with Crippen LogP contribution < -0.4 is 5.73 Å². The number of hydrogen-bond acceptors (Lipinski definition) is 4. The lowest BCUT2D eigenvalue weighted by molar-refractivity contribution is -0.131. The van der Waals surface area contributed by atoms with E-state index in [9.17, 15) is 9.59 Å². The van der Waals surface area contributed by atoms with Crippen LogP contribution in [0.2, 0.25) is 0 Å². The summed E-state index contributed by atoms with van der Waals surface area (Å²) >= 11 is 0. The Morgan fingerprint density at radius 2 is 2.08 bits per heavy atom. The van der Waals surface area contributed by atoms with Crippen molar-refractivity contribution in [2.75, 3.05) is 26.2 Å². The number of carbonyl (C=O) groups excluding carboxylic acids is 2. The highest BCUT2D eigenvalue weighted by atomic mass is 16.6. The maximum atomic E-state index is 12.3. The molecule has 6 heteroatoms. The number of rotatable bonds is 6. The number of nitrogens with two attached hydrogens (primary N) is 1. The van der Waals surface area contributed by atoms with Crippen molar-refractivity contribution in [3.63, 3.8) is 0 Å². The monoisotopic (exact) mass is 333 g/mol. The molecule has 0 aliphatic carbocycles. The zero-order chi connectivity index (χ0) is 17.5. The van der Waals surface area contributed by atoms with Gasteiger partial charge in [0.05, 0.1) is 6.04 Å². The lowest BCUT2D eigenvalue weighted by atomic mass is 10.1. The van der Waals surface area contributed by atoms with E-state index in [2.05, 4.69) is 0 Å². The summed E-state index contributed by atoms with van der Waals surface area (Å²) in [6.45, 7) is 6.47. The number of ether oxygens (including phenoxy) is 1. The maximum absolute atomic E-state index is 12.3. The summed E-state index contributed by atoms with van der Waals surface area (Å²) in [5, 5.41) is 0. The molecule has 132 valence electrons. The first-order chi connectivity index (χ1) is 11.5. The van der Waals surface area contributed by atoms with E-state index in [1.807, 2.05) is 37.3 Å². The molecule has 0 radical (unpaired) electrons. The molecule has 0 saturated carbocycles. The van der Waals surface area contributed by atoms with Gasteiger partial charge in [0.2, 0.25) is 5.91 Å². The second-order valence-electron chi connectivity index (χ2n) is 6.31. The third kappa shape index (κ3) is 4.96.